The molecule has 42 heavy (non-hydrogen) atoms. The maximum atomic E-state index is 14.2. The maximum absolute atomic E-state index is 14.2. The molecule has 1 N–H and O–H groups in total. The fourth-order valence-corrected chi connectivity index (χ4v) is 6.18. The number of carbonyl (C=O) groups is 2. The van der Waals surface area contributed by atoms with E-state index in [0.717, 1.165) is 21.0 Å². The van der Waals surface area contributed by atoms with E-state index in [1.54, 1.807) is 24.3 Å². The Hall–Kier alpha value is -3.56. The summed E-state index contributed by atoms with van der Waals surface area (Å²) >= 11 is 6.39. The number of benzene rings is 3. The average molecular weight is 614 g/mol. The molecule has 226 valence electrons. The van der Waals surface area contributed by atoms with Crippen molar-refractivity contribution in [1.82, 2.24) is 10.2 Å². The molecule has 0 spiro atoms. The summed E-state index contributed by atoms with van der Waals surface area (Å²) in [7, 11) is -2.74. The van der Waals surface area contributed by atoms with Gasteiger partial charge in [-0.1, -0.05) is 79.9 Å². The minimum atomic E-state index is -4.20. The van der Waals surface area contributed by atoms with Gasteiger partial charge in [0.25, 0.3) is 10.0 Å². The van der Waals surface area contributed by atoms with Crippen LogP contribution in [0.15, 0.2) is 71.6 Å². The Labute approximate surface area is 254 Å². The molecule has 0 radical (unpaired) electrons. The number of halogens is 1. The Kier molecular flexibility index (Phi) is 11.4. The van der Waals surface area contributed by atoms with Gasteiger partial charge in [0.1, 0.15) is 18.3 Å². The molecule has 0 heterocycles. The highest BCUT2D eigenvalue weighted by Gasteiger charge is 2.34. The van der Waals surface area contributed by atoms with Crippen LogP contribution in [-0.4, -0.2) is 51.4 Å². The third-order valence-electron chi connectivity index (χ3n) is 6.82. The van der Waals surface area contributed by atoms with E-state index in [2.05, 4.69) is 5.32 Å². The zero-order valence-electron chi connectivity index (χ0n) is 25.1. The van der Waals surface area contributed by atoms with Gasteiger partial charge in [0.05, 0.1) is 22.7 Å². The van der Waals surface area contributed by atoms with Crippen LogP contribution in [-0.2, 0) is 26.2 Å². The Morgan fingerprint density at radius 3 is 2.24 bits per heavy atom. The zero-order chi connectivity index (χ0) is 31.0. The summed E-state index contributed by atoms with van der Waals surface area (Å²) < 4.78 is 34.3. The molecule has 0 saturated heterocycles. The normalized spacial score (nSPS) is 12.1. The van der Waals surface area contributed by atoms with Gasteiger partial charge in [0.15, 0.2) is 0 Å². The van der Waals surface area contributed by atoms with Crippen molar-refractivity contribution in [2.45, 2.75) is 58.5 Å². The smallest absolute Gasteiger partial charge is 0.264 e. The van der Waals surface area contributed by atoms with Crippen molar-refractivity contribution in [2.75, 3.05) is 24.5 Å². The average Bonchev–Trinajstić information content (AvgIpc) is 2.94. The van der Waals surface area contributed by atoms with Gasteiger partial charge in [-0.3, -0.25) is 13.9 Å². The molecular weight excluding hydrogens is 574 g/mol. The lowest BCUT2D eigenvalue weighted by Gasteiger charge is -2.33. The van der Waals surface area contributed by atoms with Gasteiger partial charge in [-0.05, 0) is 62.1 Å². The van der Waals surface area contributed by atoms with Crippen LogP contribution in [0.1, 0.15) is 43.9 Å². The van der Waals surface area contributed by atoms with Crippen LogP contribution in [0.2, 0.25) is 5.02 Å². The summed E-state index contributed by atoms with van der Waals surface area (Å²) in [6.07, 6.45) is 0.348. The third kappa shape index (κ3) is 8.26. The number of rotatable bonds is 13. The van der Waals surface area contributed by atoms with E-state index < -0.39 is 28.5 Å². The summed E-state index contributed by atoms with van der Waals surface area (Å²) in [5.74, 6) is -0.214. The predicted molar refractivity (Wildman–Crippen MR) is 167 cm³/mol. The van der Waals surface area contributed by atoms with Gasteiger partial charge in [0, 0.05) is 13.1 Å². The molecule has 3 rings (SSSR count). The van der Waals surface area contributed by atoms with Gasteiger partial charge >= 0.3 is 0 Å². The number of nitrogens with zero attached hydrogens (tertiary/aromatic N) is 2. The Bertz CT molecular complexity index is 1490. The minimum absolute atomic E-state index is 0.0276. The number of hydrogen-bond donors (Lipinski definition) is 1. The molecule has 0 bridgehead atoms. The van der Waals surface area contributed by atoms with Gasteiger partial charge < -0.3 is 15.0 Å². The fraction of sp³-hybridized carbons (Fsp3) is 0.375. The molecule has 8 nitrogen and oxygen atoms in total. The van der Waals surface area contributed by atoms with Crippen LogP contribution in [0.3, 0.4) is 0 Å². The van der Waals surface area contributed by atoms with Crippen molar-refractivity contribution in [3.05, 3.63) is 88.4 Å². The number of amides is 2. The number of anilines is 1. The van der Waals surface area contributed by atoms with E-state index in [1.807, 2.05) is 58.9 Å². The number of nitrogens with one attached hydrogen (secondary N) is 1. The summed E-state index contributed by atoms with van der Waals surface area (Å²) in [6, 6.07) is 17.8. The molecule has 0 unspecified atom stereocenters. The largest absolute Gasteiger partial charge is 0.495 e. The summed E-state index contributed by atoms with van der Waals surface area (Å²) in [4.78, 5) is 29.0. The Morgan fingerprint density at radius 1 is 0.976 bits per heavy atom. The second kappa shape index (κ2) is 14.6. The molecular formula is C32H40ClN3O5S. The first kappa shape index (κ1) is 32.9. The molecule has 3 aromatic carbocycles. The van der Waals surface area contributed by atoms with Crippen molar-refractivity contribution < 1.29 is 22.7 Å². The first-order valence-corrected chi connectivity index (χ1v) is 15.7. The molecule has 3 aromatic rings. The van der Waals surface area contributed by atoms with Gasteiger partial charge in [-0.2, -0.15) is 0 Å². The monoisotopic (exact) mass is 613 g/mol. The Balaban J connectivity index is 2.08. The second-order valence-electron chi connectivity index (χ2n) is 10.7. The van der Waals surface area contributed by atoms with Crippen molar-refractivity contribution in [3.63, 3.8) is 0 Å². The highest BCUT2D eigenvalue weighted by Crippen LogP contribution is 2.32. The maximum Gasteiger partial charge on any atom is 0.264 e. The molecule has 10 heteroatoms. The number of ether oxygens (including phenoxy) is 1. The van der Waals surface area contributed by atoms with Crippen molar-refractivity contribution in [3.8, 4) is 5.75 Å². The van der Waals surface area contributed by atoms with E-state index >= 15 is 0 Å². The van der Waals surface area contributed by atoms with Crippen molar-refractivity contribution >= 4 is 39.1 Å². The van der Waals surface area contributed by atoms with Crippen molar-refractivity contribution in [2.24, 2.45) is 5.92 Å². The first-order chi connectivity index (χ1) is 19.9. The number of sulfonamides is 1. The topological polar surface area (TPSA) is 96.0 Å². The van der Waals surface area contributed by atoms with E-state index in [-0.39, 0.29) is 34.0 Å². The summed E-state index contributed by atoms with van der Waals surface area (Å²) in [5, 5.41) is 3.13. The lowest BCUT2D eigenvalue weighted by Crippen LogP contribution is -2.52. The van der Waals surface area contributed by atoms with Gasteiger partial charge in [0.2, 0.25) is 11.8 Å². The standard InChI is InChI=1S/C32H40ClN3O5S/c1-7-29(32(38)34-19-22(2)3)35(20-25-10-8-9-24(5)17-25)31(37)21-36(26-13-16-30(41-6)28(33)18-26)42(39,40)27-14-11-23(4)12-15-27/h8-18,22,29H,7,19-21H2,1-6H3,(H,34,38)/t29-/m0/s1. The number of aryl methyl sites for hydroxylation is 2. The zero-order valence-corrected chi connectivity index (χ0v) is 26.6. The number of hydrogen-bond acceptors (Lipinski definition) is 5. The van der Waals surface area contributed by atoms with Crippen LogP contribution in [0.5, 0.6) is 5.75 Å². The lowest BCUT2D eigenvalue weighted by molar-refractivity contribution is -0.140. The fourth-order valence-electron chi connectivity index (χ4n) is 4.53. The van der Waals surface area contributed by atoms with Crippen LogP contribution >= 0.6 is 11.6 Å². The summed E-state index contributed by atoms with van der Waals surface area (Å²) in [6.45, 7) is 9.68. The van der Waals surface area contributed by atoms with Gasteiger partial charge in [-0.25, -0.2) is 8.42 Å². The SMILES string of the molecule is CC[C@@H](C(=O)NCC(C)C)N(Cc1cccc(C)c1)C(=O)CN(c1ccc(OC)c(Cl)c1)S(=O)(=O)c1ccc(C)cc1. The summed E-state index contributed by atoms with van der Waals surface area (Å²) in [5.41, 5.74) is 2.93. The van der Waals surface area contributed by atoms with Crippen LogP contribution in [0, 0.1) is 19.8 Å². The molecule has 0 saturated carbocycles. The van der Waals surface area contributed by atoms with E-state index in [1.165, 1.54) is 30.2 Å². The predicted octanol–water partition coefficient (Wildman–Crippen LogP) is 5.74. The van der Waals surface area contributed by atoms with Crippen LogP contribution < -0.4 is 14.4 Å². The molecule has 0 aliphatic carbocycles. The highest BCUT2D eigenvalue weighted by atomic mass is 35.5. The molecule has 0 aromatic heterocycles. The van der Waals surface area contributed by atoms with E-state index in [4.69, 9.17) is 16.3 Å². The van der Waals surface area contributed by atoms with Crippen LogP contribution in [0.25, 0.3) is 0 Å². The third-order valence-corrected chi connectivity index (χ3v) is 8.90. The molecule has 0 aliphatic rings. The second-order valence-corrected chi connectivity index (χ2v) is 13.0. The van der Waals surface area contributed by atoms with Gasteiger partial charge in [-0.15, -0.1) is 0 Å². The quantitative estimate of drug-likeness (QED) is 0.265. The van der Waals surface area contributed by atoms with E-state index in [0.29, 0.717) is 18.7 Å². The van der Waals surface area contributed by atoms with E-state index in [9.17, 15) is 18.0 Å². The highest BCUT2D eigenvalue weighted by molar-refractivity contribution is 7.92. The van der Waals surface area contributed by atoms with Crippen molar-refractivity contribution in [1.29, 1.82) is 0 Å². The minimum Gasteiger partial charge on any atom is -0.495 e. The molecule has 0 aliphatic heterocycles. The number of carbonyl (C=O) groups excluding carboxylic acids is 2. The molecule has 2 amide bonds. The first-order valence-electron chi connectivity index (χ1n) is 13.9. The van der Waals surface area contributed by atoms with Crippen LogP contribution in [0.4, 0.5) is 5.69 Å². The Morgan fingerprint density at radius 2 is 1.67 bits per heavy atom. The lowest BCUT2D eigenvalue weighted by atomic mass is 10.1. The molecule has 1 atom stereocenters. The number of methoxy groups -OCH3 is 1. The molecule has 0 fully saturated rings.